The maximum Gasteiger partial charge on any atom is 0.309 e. The zero-order valence-electron chi connectivity index (χ0n) is 8.65. The molecule has 5 nitrogen and oxygen atoms in total. The van der Waals surface area contributed by atoms with E-state index in [0.717, 1.165) is 0 Å². The first-order chi connectivity index (χ1) is 7.63. The number of aromatic nitrogens is 1. The number of carboxylic acid groups (broad SMARTS) is 1. The van der Waals surface area contributed by atoms with Crippen LogP contribution in [-0.2, 0) is 11.2 Å². The summed E-state index contributed by atoms with van der Waals surface area (Å²) >= 11 is 0. The lowest BCUT2D eigenvalue weighted by Gasteiger charge is -2.01. The molecule has 1 heterocycles. The number of rotatable bonds is 3. The van der Waals surface area contributed by atoms with Crippen molar-refractivity contribution in [3.63, 3.8) is 0 Å². The van der Waals surface area contributed by atoms with Gasteiger partial charge in [0.1, 0.15) is 5.75 Å². The average Bonchev–Trinajstić information content (AvgIpc) is 2.55. The summed E-state index contributed by atoms with van der Waals surface area (Å²) in [4.78, 5) is 13.6. The van der Waals surface area contributed by atoms with Crippen LogP contribution in [0.25, 0.3) is 10.9 Å². The van der Waals surface area contributed by atoms with Gasteiger partial charge in [-0.25, -0.2) is 0 Å². The van der Waals surface area contributed by atoms with Gasteiger partial charge in [-0.05, 0) is 12.1 Å². The molecule has 0 unspecified atom stereocenters. The van der Waals surface area contributed by atoms with Crippen LogP contribution in [0.4, 0.5) is 0 Å². The van der Waals surface area contributed by atoms with Crippen LogP contribution < -0.4 is 4.74 Å². The van der Waals surface area contributed by atoms with E-state index in [0.29, 0.717) is 22.3 Å². The van der Waals surface area contributed by atoms with Gasteiger partial charge in [0.2, 0.25) is 0 Å². The van der Waals surface area contributed by atoms with Crippen molar-refractivity contribution in [2.75, 3.05) is 7.11 Å². The van der Waals surface area contributed by atoms with Crippen molar-refractivity contribution in [3.8, 4) is 11.5 Å². The molecule has 3 N–H and O–H groups in total. The molecule has 5 heteroatoms. The fraction of sp³-hybridized carbons (Fsp3) is 0.182. The zero-order chi connectivity index (χ0) is 11.7. The van der Waals surface area contributed by atoms with E-state index >= 15 is 0 Å². The topological polar surface area (TPSA) is 82.5 Å². The van der Waals surface area contributed by atoms with Gasteiger partial charge in [0.05, 0.1) is 30.1 Å². The van der Waals surface area contributed by atoms with Gasteiger partial charge >= 0.3 is 5.97 Å². The van der Waals surface area contributed by atoms with Gasteiger partial charge < -0.3 is 19.9 Å². The minimum absolute atomic E-state index is 0.0715. The number of H-pyrrole nitrogens is 1. The molecular weight excluding hydrogens is 210 g/mol. The van der Waals surface area contributed by atoms with Crippen molar-refractivity contribution >= 4 is 16.9 Å². The molecule has 0 bridgehead atoms. The summed E-state index contributed by atoms with van der Waals surface area (Å²) < 4.78 is 5.13. The molecule has 0 atom stereocenters. The Labute approximate surface area is 91.3 Å². The summed E-state index contributed by atoms with van der Waals surface area (Å²) in [5, 5.41) is 18.9. The first kappa shape index (κ1) is 10.4. The second-order valence-corrected chi connectivity index (χ2v) is 3.41. The Morgan fingerprint density at radius 3 is 2.88 bits per heavy atom. The normalized spacial score (nSPS) is 10.6. The Morgan fingerprint density at radius 2 is 2.25 bits per heavy atom. The predicted molar refractivity (Wildman–Crippen MR) is 57.9 cm³/mol. The first-order valence-corrected chi connectivity index (χ1v) is 4.71. The van der Waals surface area contributed by atoms with E-state index in [1.807, 2.05) is 0 Å². The Morgan fingerprint density at radius 1 is 1.50 bits per heavy atom. The molecule has 0 radical (unpaired) electrons. The molecule has 1 aromatic carbocycles. The molecule has 0 saturated carbocycles. The van der Waals surface area contributed by atoms with Crippen molar-refractivity contribution in [2.45, 2.75) is 6.42 Å². The SMILES string of the molecule is COc1c(CC(=O)O)[nH]c2cccc(O)c12. The number of aliphatic carboxylic acids is 1. The highest BCUT2D eigenvalue weighted by Gasteiger charge is 2.16. The molecule has 1 aromatic heterocycles. The first-order valence-electron chi connectivity index (χ1n) is 4.71. The van der Waals surface area contributed by atoms with E-state index in [1.54, 1.807) is 12.1 Å². The molecule has 0 fully saturated rings. The lowest BCUT2D eigenvalue weighted by atomic mass is 10.2. The number of phenolic OH excluding ortho intramolecular Hbond substituents is 1. The van der Waals surface area contributed by atoms with Crippen LogP contribution >= 0.6 is 0 Å². The Balaban J connectivity index is 2.67. The van der Waals surface area contributed by atoms with Crippen molar-refractivity contribution in [1.82, 2.24) is 4.98 Å². The highest BCUT2D eigenvalue weighted by atomic mass is 16.5. The molecule has 2 rings (SSSR count). The quantitative estimate of drug-likeness (QED) is 0.733. The van der Waals surface area contributed by atoms with E-state index in [2.05, 4.69) is 4.98 Å². The van der Waals surface area contributed by atoms with Gasteiger partial charge in [-0.2, -0.15) is 0 Å². The van der Waals surface area contributed by atoms with Gasteiger partial charge in [-0.1, -0.05) is 6.07 Å². The Kier molecular flexibility index (Phi) is 2.44. The van der Waals surface area contributed by atoms with Gasteiger partial charge in [-0.15, -0.1) is 0 Å². The van der Waals surface area contributed by atoms with E-state index in [1.165, 1.54) is 13.2 Å². The minimum Gasteiger partial charge on any atom is -0.507 e. The number of hydrogen-bond donors (Lipinski definition) is 3. The lowest BCUT2D eigenvalue weighted by molar-refractivity contribution is -0.136. The van der Waals surface area contributed by atoms with Crippen LogP contribution in [0.1, 0.15) is 5.69 Å². The van der Waals surface area contributed by atoms with E-state index in [9.17, 15) is 9.90 Å². The predicted octanol–water partition coefficient (Wildman–Crippen LogP) is 1.51. The largest absolute Gasteiger partial charge is 0.507 e. The van der Waals surface area contributed by atoms with Crippen molar-refractivity contribution in [1.29, 1.82) is 0 Å². The van der Waals surface area contributed by atoms with Crippen LogP contribution in [0, 0.1) is 0 Å². The molecule has 0 aliphatic rings. The Hall–Kier alpha value is -2.17. The second-order valence-electron chi connectivity index (χ2n) is 3.41. The van der Waals surface area contributed by atoms with E-state index < -0.39 is 5.97 Å². The van der Waals surface area contributed by atoms with Crippen LogP contribution in [0.5, 0.6) is 11.5 Å². The molecule has 2 aromatic rings. The average molecular weight is 221 g/mol. The number of aromatic hydroxyl groups is 1. The molecular formula is C11H11NO4. The van der Waals surface area contributed by atoms with Gasteiger partial charge in [0.25, 0.3) is 0 Å². The maximum absolute atomic E-state index is 10.7. The summed E-state index contributed by atoms with van der Waals surface area (Å²) in [6.07, 6.45) is -0.169. The summed E-state index contributed by atoms with van der Waals surface area (Å²) in [5.41, 5.74) is 1.11. The van der Waals surface area contributed by atoms with Crippen molar-refractivity contribution < 1.29 is 19.7 Å². The number of benzene rings is 1. The number of fused-ring (bicyclic) bond motifs is 1. The number of aromatic amines is 1. The number of methoxy groups -OCH3 is 1. The third-order valence-corrected chi connectivity index (χ3v) is 2.36. The zero-order valence-corrected chi connectivity index (χ0v) is 8.65. The summed E-state index contributed by atoms with van der Waals surface area (Å²) in [5.74, 6) is -0.498. The number of carboxylic acids is 1. The Bertz CT molecular complexity index is 544. The highest BCUT2D eigenvalue weighted by Crippen LogP contribution is 2.36. The standard InChI is InChI=1S/C11H11NO4/c1-16-11-7(5-9(14)15)12-6-3-2-4-8(13)10(6)11/h2-4,12-13H,5H2,1H3,(H,14,15). The van der Waals surface area contributed by atoms with Gasteiger partial charge in [0, 0.05) is 0 Å². The number of nitrogens with one attached hydrogen (secondary N) is 1. The van der Waals surface area contributed by atoms with Gasteiger partial charge in [-0.3, -0.25) is 4.79 Å². The second kappa shape index (κ2) is 3.77. The number of carbonyl (C=O) groups is 1. The maximum atomic E-state index is 10.7. The molecule has 0 aliphatic heterocycles. The highest BCUT2D eigenvalue weighted by molar-refractivity contribution is 5.94. The third kappa shape index (κ3) is 1.56. The third-order valence-electron chi connectivity index (χ3n) is 2.36. The van der Waals surface area contributed by atoms with Crippen LogP contribution in [0.15, 0.2) is 18.2 Å². The fourth-order valence-corrected chi connectivity index (χ4v) is 1.75. The lowest BCUT2D eigenvalue weighted by Crippen LogP contribution is -2.01. The van der Waals surface area contributed by atoms with Crippen LogP contribution in [0.2, 0.25) is 0 Å². The smallest absolute Gasteiger partial charge is 0.309 e. The monoisotopic (exact) mass is 221 g/mol. The minimum atomic E-state index is -0.954. The summed E-state index contributed by atoms with van der Waals surface area (Å²) in [7, 11) is 1.44. The number of ether oxygens (including phenoxy) is 1. The van der Waals surface area contributed by atoms with E-state index in [4.69, 9.17) is 9.84 Å². The van der Waals surface area contributed by atoms with Crippen molar-refractivity contribution in [3.05, 3.63) is 23.9 Å². The summed E-state index contributed by atoms with van der Waals surface area (Å²) in [6.45, 7) is 0. The molecule has 0 spiro atoms. The van der Waals surface area contributed by atoms with Crippen LogP contribution in [-0.4, -0.2) is 28.3 Å². The number of hydrogen-bond acceptors (Lipinski definition) is 3. The molecule has 0 amide bonds. The molecule has 0 aliphatic carbocycles. The number of phenols is 1. The fourth-order valence-electron chi connectivity index (χ4n) is 1.75. The van der Waals surface area contributed by atoms with Gasteiger partial charge in [0.15, 0.2) is 5.75 Å². The van der Waals surface area contributed by atoms with E-state index in [-0.39, 0.29) is 12.2 Å². The molecule has 0 saturated heterocycles. The van der Waals surface area contributed by atoms with Crippen molar-refractivity contribution in [2.24, 2.45) is 0 Å². The van der Waals surface area contributed by atoms with Crippen LogP contribution in [0.3, 0.4) is 0 Å². The summed E-state index contributed by atoms with van der Waals surface area (Å²) in [6, 6.07) is 4.96. The molecule has 84 valence electrons. The molecule has 16 heavy (non-hydrogen) atoms.